The molecule has 0 aliphatic heterocycles. The number of hydrogen-bond donors (Lipinski definition) is 2. The Morgan fingerprint density at radius 1 is 1.29 bits per heavy atom. The maximum absolute atomic E-state index is 11.3. The molecule has 0 radical (unpaired) electrons. The number of anilines is 1. The second kappa shape index (κ2) is 5.75. The molecule has 2 aromatic rings. The minimum Gasteiger partial charge on any atom is -0.355 e. The zero-order valence-electron chi connectivity index (χ0n) is 11.5. The predicted octanol–water partition coefficient (Wildman–Crippen LogP) is 2.67. The molecule has 1 aromatic carbocycles. The summed E-state index contributed by atoms with van der Waals surface area (Å²) in [5.74, 6) is 0. The van der Waals surface area contributed by atoms with Crippen LogP contribution in [-0.2, 0) is 16.4 Å². The van der Waals surface area contributed by atoms with Gasteiger partial charge in [0.25, 0.3) is 0 Å². The van der Waals surface area contributed by atoms with E-state index in [0.717, 1.165) is 30.6 Å². The summed E-state index contributed by atoms with van der Waals surface area (Å²) in [7, 11) is -3.67. The van der Waals surface area contributed by atoms with Gasteiger partial charge < -0.3 is 5.32 Å². The Labute approximate surface area is 128 Å². The van der Waals surface area contributed by atoms with Gasteiger partial charge >= 0.3 is 0 Å². The van der Waals surface area contributed by atoms with Crippen LogP contribution in [0.3, 0.4) is 0 Å². The van der Waals surface area contributed by atoms with Gasteiger partial charge in [-0.15, -0.1) is 0 Å². The molecule has 0 saturated heterocycles. The van der Waals surface area contributed by atoms with Crippen LogP contribution >= 0.6 is 11.3 Å². The van der Waals surface area contributed by atoms with Crippen LogP contribution in [0.15, 0.2) is 34.7 Å². The van der Waals surface area contributed by atoms with Gasteiger partial charge in [0.2, 0.25) is 10.0 Å². The SMILES string of the molecule is NS(=O)(=O)c1cnc(N[C@H]2CCCCc3ccccc32)s1. The highest BCUT2D eigenvalue weighted by Crippen LogP contribution is 2.33. The van der Waals surface area contributed by atoms with E-state index >= 15 is 0 Å². The summed E-state index contributed by atoms with van der Waals surface area (Å²) in [6.07, 6.45) is 5.73. The zero-order chi connectivity index (χ0) is 14.9. The maximum atomic E-state index is 11.3. The molecule has 1 heterocycles. The number of aryl methyl sites for hydroxylation is 1. The van der Waals surface area contributed by atoms with Gasteiger partial charge in [-0.1, -0.05) is 42.0 Å². The van der Waals surface area contributed by atoms with Crippen molar-refractivity contribution in [2.75, 3.05) is 5.32 Å². The molecule has 0 spiro atoms. The van der Waals surface area contributed by atoms with Gasteiger partial charge in [0.15, 0.2) is 9.34 Å². The zero-order valence-corrected chi connectivity index (χ0v) is 13.1. The van der Waals surface area contributed by atoms with Crippen LogP contribution in [0.2, 0.25) is 0 Å². The first kappa shape index (κ1) is 14.5. The Morgan fingerprint density at radius 3 is 2.86 bits per heavy atom. The summed E-state index contributed by atoms with van der Waals surface area (Å²) >= 11 is 1.08. The third-order valence-corrected chi connectivity index (χ3v) is 6.02. The molecule has 1 aliphatic carbocycles. The molecule has 1 atom stereocenters. The van der Waals surface area contributed by atoms with Crippen molar-refractivity contribution in [3.8, 4) is 0 Å². The number of rotatable bonds is 3. The lowest BCUT2D eigenvalue weighted by atomic mass is 9.99. The van der Waals surface area contributed by atoms with Gasteiger partial charge in [0.05, 0.1) is 12.2 Å². The fourth-order valence-electron chi connectivity index (χ4n) is 2.68. The molecular formula is C14H17N3O2S2. The smallest absolute Gasteiger partial charge is 0.249 e. The van der Waals surface area contributed by atoms with Crippen LogP contribution in [0.1, 0.15) is 36.4 Å². The van der Waals surface area contributed by atoms with Gasteiger partial charge in [0, 0.05) is 0 Å². The molecule has 3 N–H and O–H groups in total. The fourth-order valence-corrected chi connectivity index (χ4v) is 4.18. The van der Waals surface area contributed by atoms with Crippen LogP contribution in [0.25, 0.3) is 0 Å². The van der Waals surface area contributed by atoms with E-state index in [0.29, 0.717) is 5.13 Å². The molecule has 112 valence electrons. The average Bonchev–Trinajstić information content (AvgIpc) is 2.82. The molecule has 0 saturated carbocycles. The summed E-state index contributed by atoms with van der Waals surface area (Å²) in [6.45, 7) is 0. The number of nitrogens with zero attached hydrogens (tertiary/aromatic N) is 1. The molecule has 1 aromatic heterocycles. The van der Waals surface area contributed by atoms with Gasteiger partial charge in [-0.25, -0.2) is 18.5 Å². The predicted molar refractivity (Wildman–Crippen MR) is 83.8 cm³/mol. The maximum Gasteiger partial charge on any atom is 0.249 e. The Kier molecular flexibility index (Phi) is 3.97. The van der Waals surface area contributed by atoms with E-state index in [4.69, 9.17) is 5.14 Å². The first-order chi connectivity index (χ1) is 10.0. The van der Waals surface area contributed by atoms with E-state index in [2.05, 4.69) is 28.5 Å². The number of benzene rings is 1. The van der Waals surface area contributed by atoms with Crippen LogP contribution < -0.4 is 10.5 Å². The van der Waals surface area contributed by atoms with E-state index in [1.165, 1.54) is 23.7 Å². The van der Waals surface area contributed by atoms with Crippen molar-refractivity contribution >= 4 is 26.5 Å². The molecule has 7 heteroatoms. The van der Waals surface area contributed by atoms with Crippen molar-refractivity contribution in [2.45, 2.75) is 35.9 Å². The largest absolute Gasteiger partial charge is 0.355 e. The van der Waals surface area contributed by atoms with Crippen molar-refractivity contribution in [3.63, 3.8) is 0 Å². The second-order valence-electron chi connectivity index (χ2n) is 5.17. The van der Waals surface area contributed by atoms with E-state index in [1.54, 1.807) is 0 Å². The molecular weight excluding hydrogens is 306 g/mol. The molecule has 0 unspecified atom stereocenters. The molecule has 0 fully saturated rings. The van der Waals surface area contributed by atoms with Gasteiger partial charge in [-0.3, -0.25) is 0 Å². The van der Waals surface area contributed by atoms with Crippen LogP contribution in [0.5, 0.6) is 0 Å². The number of nitrogens with one attached hydrogen (secondary N) is 1. The quantitative estimate of drug-likeness (QED) is 0.850. The number of fused-ring (bicyclic) bond motifs is 1. The highest BCUT2D eigenvalue weighted by Gasteiger charge is 2.20. The molecule has 0 bridgehead atoms. The summed E-state index contributed by atoms with van der Waals surface area (Å²) in [6, 6.07) is 8.56. The lowest BCUT2D eigenvalue weighted by molar-refractivity contribution is 0.599. The van der Waals surface area contributed by atoms with Crippen molar-refractivity contribution in [1.82, 2.24) is 4.98 Å². The highest BCUT2D eigenvalue weighted by molar-refractivity contribution is 7.91. The minimum atomic E-state index is -3.67. The summed E-state index contributed by atoms with van der Waals surface area (Å²) < 4.78 is 22.7. The number of aromatic nitrogens is 1. The molecule has 3 rings (SSSR count). The lowest BCUT2D eigenvalue weighted by Gasteiger charge is -2.18. The molecule has 5 nitrogen and oxygen atoms in total. The van der Waals surface area contributed by atoms with Gasteiger partial charge in [-0.2, -0.15) is 0 Å². The standard InChI is InChI=1S/C14H17N3O2S2/c15-21(18,19)13-9-16-14(20-13)17-12-8-4-2-6-10-5-1-3-7-11(10)12/h1,3,5,7,9,12H,2,4,6,8H2,(H,16,17)(H2,15,18,19)/t12-/m0/s1. The molecule has 1 aliphatic rings. The average molecular weight is 323 g/mol. The lowest BCUT2D eigenvalue weighted by Crippen LogP contribution is -2.11. The second-order valence-corrected chi connectivity index (χ2v) is 7.99. The number of thiazole rings is 1. The first-order valence-corrected chi connectivity index (χ1v) is 9.23. The highest BCUT2D eigenvalue weighted by atomic mass is 32.2. The molecule has 21 heavy (non-hydrogen) atoms. The third-order valence-electron chi connectivity index (χ3n) is 3.68. The number of primary sulfonamides is 1. The third kappa shape index (κ3) is 3.25. The van der Waals surface area contributed by atoms with Crippen LogP contribution in [-0.4, -0.2) is 13.4 Å². The normalized spacial score (nSPS) is 18.8. The Morgan fingerprint density at radius 2 is 2.10 bits per heavy atom. The first-order valence-electron chi connectivity index (χ1n) is 6.87. The Hall–Kier alpha value is -1.44. The van der Waals surface area contributed by atoms with Crippen molar-refractivity contribution in [1.29, 1.82) is 0 Å². The molecule has 0 amide bonds. The number of sulfonamides is 1. The summed E-state index contributed by atoms with van der Waals surface area (Å²) in [5, 5.41) is 9.07. The van der Waals surface area contributed by atoms with Crippen molar-refractivity contribution in [2.24, 2.45) is 5.14 Å². The van der Waals surface area contributed by atoms with E-state index in [9.17, 15) is 8.42 Å². The van der Waals surface area contributed by atoms with Crippen molar-refractivity contribution in [3.05, 3.63) is 41.6 Å². The minimum absolute atomic E-state index is 0.0897. The van der Waals surface area contributed by atoms with Gasteiger partial charge in [-0.05, 0) is 30.4 Å². The van der Waals surface area contributed by atoms with Crippen LogP contribution in [0.4, 0.5) is 5.13 Å². The van der Waals surface area contributed by atoms with Gasteiger partial charge in [0.1, 0.15) is 0 Å². The van der Waals surface area contributed by atoms with E-state index in [1.807, 2.05) is 6.07 Å². The number of nitrogens with two attached hydrogens (primary N) is 1. The van der Waals surface area contributed by atoms with Crippen molar-refractivity contribution < 1.29 is 8.42 Å². The fraction of sp³-hybridized carbons (Fsp3) is 0.357. The summed E-state index contributed by atoms with van der Waals surface area (Å²) in [4.78, 5) is 4.13. The Balaban J connectivity index is 1.86. The van der Waals surface area contributed by atoms with E-state index < -0.39 is 10.0 Å². The van der Waals surface area contributed by atoms with E-state index in [-0.39, 0.29) is 10.3 Å². The Bertz CT molecular complexity index is 740. The number of hydrogen-bond acceptors (Lipinski definition) is 5. The summed E-state index contributed by atoms with van der Waals surface area (Å²) in [5.41, 5.74) is 2.64. The monoisotopic (exact) mass is 323 g/mol. The van der Waals surface area contributed by atoms with Crippen LogP contribution in [0, 0.1) is 0 Å². The topological polar surface area (TPSA) is 85.1 Å².